The molecule has 110 valence electrons. The SMILES string of the molecule is O=[N+]([O-])c1ccc(COc2ccc(CBr)cc2Br)cc1F. The molecule has 0 aliphatic rings. The summed E-state index contributed by atoms with van der Waals surface area (Å²) in [7, 11) is 0. The summed E-state index contributed by atoms with van der Waals surface area (Å²) in [5, 5.41) is 11.3. The van der Waals surface area contributed by atoms with E-state index in [1.165, 1.54) is 6.07 Å². The molecule has 0 aliphatic heterocycles. The first-order valence-electron chi connectivity index (χ1n) is 5.91. The highest BCUT2D eigenvalue weighted by molar-refractivity contribution is 9.10. The molecule has 2 aromatic carbocycles. The zero-order valence-electron chi connectivity index (χ0n) is 10.7. The van der Waals surface area contributed by atoms with Gasteiger partial charge in [-0.15, -0.1) is 0 Å². The fourth-order valence-corrected chi connectivity index (χ4v) is 2.58. The third kappa shape index (κ3) is 4.01. The molecule has 2 aromatic rings. The first-order valence-corrected chi connectivity index (χ1v) is 7.82. The van der Waals surface area contributed by atoms with Crippen molar-refractivity contribution in [2.45, 2.75) is 11.9 Å². The Bertz CT molecular complexity index is 679. The molecule has 2 rings (SSSR count). The maximum Gasteiger partial charge on any atom is 0.304 e. The standard InChI is InChI=1S/C14H10Br2FNO3/c15-7-9-2-4-14(11(16)5-9)21-8-10-1-3-13(18(19)20)12(17)6-10/h1-6H,7-8H2. The Balaban J connectivity index is 2.10. The molecule has 0 amide bonds. The fraction of sp³-hybridized carbons (Fsp3) is 0.143. The van der Waals surface area contributed by atoms with Crippen LogP contribution in [0, 0.1) is 15.9 Å². The summed E-state index contributed by atoms with van der Waals surface area (Å²) in [4.78, 5) is 9.79. The van der Waals surface area contributed by atoms with Crippen molar-refractivity contribution in [3.63, 3.8) is 0 Å². The van der Waals surface area contributed by atoms with Gasteiger partial charge in [0.05, 0.1) is 9.40 Å². The Morgan fingerprint density at radius 1 is 1.19 bits per heavy atom. The number of halogens is 3. The van der Waals surface area contributed by atoms with Crippen LogP contribution in [-0.2, 0) is 11.9 Å². The number of nitro benzene ring substituents is 1. The molecular weight excluding hydrogens is 409 g/mol. The van der Waals surface area contributed by atoms with Gasteiger partial charge >= 0.3 is 5.69 Å². The third-order valence-electron chi connectivity index (χ3n) is 2.75. The summed E-state index contributed by atoms with van der Waals surface area (Å²) in [5.74, 6) is -0.242. The van der Waals surface area contributed by atoms with Gasteiger partial charge in [-0.05, 0) is 51.3 Å². The maximum absolute atomic E-state index is 13.5. The van der Waals surface area contributed by atoms with Crippen LogP contribution in [-0.4, -0.2) is 4.92 Å². The number of hydrogen-bond acceptors (Lipinski definition) is 3. The minimum Gasteiger partial charge on any atom is -0.488 e. The summed E-state index contributed by atoms with van der Waals surface area (Å²) in [5.41, 5.74) is 1.08. The van der Waals surface area contributed by atoms with Crippen LogP contribution in [0.3, 0.4) is 0 Å². The van der Waals surface area contributed by atoms with E-state index < -0.39 is 16.4 Å². The molecule has 7 heteroatoms. The predicted octanol–water partition coefficient (Wildman–Crippen LogP) is 4.97. The quantitative estimate of drug-likeness (QED) is 0.391. The van der Waals surface area contributed by atoms with Gasteiger partial charge in [-0.25, -0.2) is 0 Å². The lowest BCUT2D eigenvalue weighted by molar-refractivity contribution is -0.387. The van der Waals surface area contributed by atoms with Crippen molar-refractivity contribution >= 4 is 37.5 Å². The van der Waals surface area contributed by atoms with E-state index in [0.29, 0.717) is 11.3 Å². The van der Waals surface area contributed by atoms with Crippen LogP contribution in [0.1, 0.15) is 11.1 Å². The van der Waals surface area contributed by atoms with E-state index >= 15 is 0 Å². The molecule has 0 spiro atoms. The van der Waals surface area contributed by atoms with Gasteiger partial charge in [-0.1, -0.05) is 22.0 Å². The molecule has 0 saturated heterocycles. The summed E-state index contributed by atoms with van der Waals surface area (Å²) < 4.78 is 19.9. The fourth-order valence-electron chi connectivity index (χ4n) is 1.69. The molecular formula is C14H10Br2FNO3. The number of rotatable bonds is 5. The van der Waals surface area contributed by atoms with E-state index in [4.69, 9.17) is 4.74 Å². The molecule has 21 heavy (non-hydrogen) atoms. The lowest BCUT2D eigenvalue weighted by Crippen LogP contribution is -1.99. The van der Waals surface area contributed by atoms with Crippen molar-refractivity contribution in [1.82, 2.24) is 0 Å². The van der Waals surface area contributed by atoms with Gasteiger partial charge in [-0.2, -0.15) is 4.39 Å². The molecule has 0 bridgehead atoms. The van der Waals surface area contributed by atoms with Crippen LogP contribution in [0.5, 0.6) is 5.75 Å². The van der Waals surface area contributed by atoms with Crippen LogP contribution < -0.4 is 4.74 Å². The maximum atomic E-state index is 13.5. The Labute approximate surface area is 137 Å². The highest BCUT2D eigenvalue weighted by Crippen LogP contribution is 2.28. The number of ether oxygens (including phenoxy) is 1. The van der Waals surface area contributed by atoms with Crippen molar-refractivity contribution in [1.29, 1.82) is 0 Å². The second-order valence-electron chi connectivity index (χ2n) is 4.23. The summed E-state index contributed by atoms with van der Waals surface area (Å²) >= 11 is 6.76. The van der Waals surface area contributed by atoms with E-state index in [1.807, 2.05) is 18.2 Å². The van der Waals surface area contributed by atoms with Gasteiger partial charge in [0.15, 0.2) is 0 Å². The van der Waals surface area contributed by atoms with Crippen molar-refractivity contribution < 1.29 is 14.1 Å². The van der Waals surface area contributed by atoms with E-state index in [-0.39, 0.29) is 6.61 Å². The van der Waals surface area contributed by atoms with Gasteiger partial charge in [0.1, 0.15) is 12.4 Å². The summed E-state index contributed by atoms with van der Waals surface area (Å²) in [6.07, 6.45) is 0. The average molecular weight is 419 g/mol. The third-order valence-corrected chi connectivity index (χ3v) is 4.02. The molecule has 4 nitrogen and oxygen atoms in total. The number of nitro groups is 1. The Kier molecular flexibility index (Phi) is 5.30. The summed E-state index contributed by atoms with van der Waals surface area (Å²) in [6, 6.07) is 9.35. The second kappa shape index (κ2) is 7.00. The number of hydrogen-bond donors (Lipinski definition) is 0. The molecule has 0 heterocycles. The van der Waals surface area contributed by atoms with Crippen LogP contribution in [0.4, 0.5) is 10.1 Å². The lowest BCUT2D eigenvalue weighted by atomic mass is 10.2. The van der Waals surface area contributed by atoms with Gasteiger partial charge in [0, 0.05) is 11.4 Å². The monoisotopic (exact) mass is 417 g/mol. The zero-order valence-corrected chi connectivity index (χ0v) is 13.9. The Morgan fingerprint density at radius 3 is 2.48 bits per heavy atom. The van der Waals surface area contributed by atoms with E-state index in [0.717, 1.165) is 27.5 Å². The molecule has 0 aromatic heterocycles. The van der Waals surface area contributed by atoms with Gasteiger partial charge < -0.3 is 4.74 Å². The van der Waals surface area contributed by atoms with Crippen molar-refractivity contribution in [2.75, 3.05) is 0 Å². The number of alkyl halides is 1. The molecule has 0 fully saturated rings. The molecule has 0 unspecified atom stereocenters. The van der Waals surface area contributed by atoms with Crippen LogP contribution >= 0.6 is 31.9 Å². The average Bonchev–Trinajstić information content (AvgIpc) is 2.45. The number of nitrogens with zero attached hydrogens (tertiary/aromatic N) is 1. The first-order chi connectivity index (χ1) is 10.0. The molecule has 0 saturated carbocycles. The smallest absolute Gasteiger partial charge is 0.304 e. The number of benzene rings is 2. The normalized spacial score (nSPS) is 10.4. The minimum atomic E-state index is -0.866. The van der Waals surface area contributed by atoms with E-state index in [1.54, 1.807) is 0 Å². The topological polar surface area (TPSA) is 52.4 Å². The Hall–Kier alpha value is -1.47. The molecule has 0 aliphatic carbocycles. The van der Waals surface area contributed by atoms with Gasteiger partial charge in [0.2, 0.25) is 5.82 Å². The van der Waals surface area contributed by atoms with Crippen molar-refractivity contribution in [3.8, 4) is 5.75 Å². The lowest BCUT2D eigenvalue weighted by Gasteiger charge is -2.09. The Morgan fingerprint density at radius 2 is 1.90 bits per heavy atom. The van der Waals surface area contributed by atoms with Crippen molar-refractivity contribution in [2.24, 2.45) is 0 Å². The van der Waals surface area contributed by atoms with Crippen molar-refractivity contribution in [3.05, 3.63) is 67.9 Å². The van der Waals surface area contributed by atoms with E-state index in [9.17, 15) is 14.5 Å². The largest absolute Gasteiger partial charge is 0.488 e. The van der Waals surface area contributed by atoms with Crippen LogP contribution in [0.25, 0.3) is 0 Å². The van der Waals surface area contributed by atoms with Gasteiger partial charge in [0.25, 0.3) is 0 Å². The molecule has 0 N–H and O–H groups in total. The van der Waals surface area contributed by atoms with E-state index in [2.05, 4.69) is 31.9 Å². The minimum absolute atomic E-state index is 0.126. The first kappa shape index (κ1) is 15.9. The highest BCUT2D eigenvalue weighted by atomic mass is 79.9. The molecule has 0 atom stereocenters. The second-order valence-corrected chi connectivity index (χ2v) is 5.65. The van der Waals surface area contributed by atoms with Crippen LogP contribution in [0.15, 0.2) is 40.9 Å². The molecule has 0 radical (unpaired) electrons. The van der Waals surface area contributed by atoms with Crippen LogP contribution in [0.2, 0.25) is 0 Å². The highest BCUT2D eigenvalue weighted by Gasteiger charge is 2.14. The summed E-state index contributed by atoms with van der Waals surface area (Å²) in [6.45, 7) is 0.126. The predicted molar refractivity (Wildman–Crippen MR) is 84.2 cm³/mol. The zero-order chi connectivity index (χ0) is 15.4. The van der Waals surface area contributed by atoms with Gasteiger partial charge in [-0.3, -0.25) is 10.1 Å².